The Morgan fingerprint density at radius 3 is 1.94 bits per heavy atom. The van der Waals surface area contributed by atoms with Crippen molar-refractivity contribution in [3.63, 3.8) is 0 Å². The largest absolute Gasteiger partial charge is 0.347 e. The second kappa shape index (κ2) is 13.2. The Bertz CT molecular complexity index is 1620. The van der Waals surface area contributed by atoms with Crippen LogP contribution in [0.4, 0.5) is 5.13 Å². The third-order valence-corrected chi connectivity index (χ3v) is 10.2. The van der Waals surface area contributed by atoms with E-state index < -0.39 is 22.8 Å². The zero-order valence-electron chi connectivity index (χ0n) is 27.1. The first-order chi connectivity index (χ1) is 22.4. The van der Waals surface area contributed by atoms with Crippen LogP contribution in [-0.2, 0) is 46.2 Å². The number of nitrogens with one attached hydrogen (secondary N) is 2. The summed E-state index contributed by atoms with van der Waals surface area (Å²) in [6.45, 7) is 7.42. The normalized spacial score (nSPS) is 26.3. The van der Waals surface area contributed by atoms with Crippen molar-refractivity contribution in [1.82, 2.24) is 20.5 Å². The number of carbonyl (C=O) groups is 2. The van der Waals surface area contributed by atoms with E-state index in [-0.39, 0.29) is 30.5 Å². The van der Waals surface area contributed by atoms with Gasteiger partial charge in [0.15, 0.2) is 28.3 Å². The number of aryl methyl sites for hydroxylation is 1. The Morgan fingerprint density at radius 1 is 0.830 bits per heavy atom. The van der Waals surface area contributed by atoms with Gasteiger partial charge < -0.3 is 24.3 Å². The Labute approximate surface area is 282 Å². The van der Waals surface area contributed by atoms with Gasteiger partial charge in [0, 0.05) is 13.5 Å². The Morgan fingerprint density at radius 2 is 1.38 bits per heavy atom. The number of hydrazone groups is 1. The van der Waals surface area contributed by atoms with E-state index in [1.165, 1.54) is 23.1 Å². The van der Waals surface area contributed by atoms with Crippen LogP contribution in [-0.4, -0.2) is 69.4 Å². The number of rotatable bonds is 11. The topological polar surface area (TPSA) is 137 Å². The van der Waals surface area contributed by atoms with E-state index in [0.717, 1.165) is 34.9 Å². The fourth-order valence-corrected chi connectivity index (χ4v) is 7.60. The molecule has 47 heavy (non-hydrogen) atoms. The van der Waals surface area contributed by atoms with Gasteiger partial charge in [0.05, 0.1) is 18.3 Å². The molecule has 4 heterocycles. The van der Waals surface area contributed by atoms with Gasteiger partial charge >= 0.3 is 0 Å². The first-order valence-electron chi connectivity index (χ1n) is 15.6. The van der Waals surface area contributed by atoms with Gasteiger partial charge in [-0.2, -0.15) is 5.10 Å². The lowest BCUT2D eigenvalue weighted by Gasteiger charge is -2.30. The molecule has 3 unspecified atom stereocenters. The summed E-state index contributed by atoms with van der Waals surface area (Å²) in [5, 5.41) is 23.1. The second-order valence-electron chi connectivity index (χ2n) is 12.6. The first-order valence-corrected chi connectivity index (χ1v) is 17.3. The van der Waals surface area contributed by atoms with Gasteiger partial charge in [0.1, 0.15) is 5.01 Å². The van der Waals surface area contributed by atoms with Crippen molar-refractivity contribution in [1.29, 1.82) is 0 Å². The Hall–Kier alpha value is -3.40. The van der Waals surface area contributed by atoms with Crippen molar-refractivity contribution in [3.8, 4) is 0 Å². The summed E-state index contributed by atoms with van der Waals surface area (Å²) in [4.78, 5) is 27.2. The first kappa shape index (κ1) is 33.5. The maximum absolute atomic E-state index is 13.7. The lowest BCUT2D eigenvalue weighted by Crippen LogP contribution is -2.52. The summed E-state index contributed by atoms with van der Waals surface area (Å²) in [6, 6.07) is 18.8. The summed E-state index contributed by atoms with van der Waals surface area (Å²) < 4.78 is 24.0. The molecule has 14 heteroatoms. The van der Waals surface area contributed by atoms with Crippen molar-refractivity contribution >= 4 is 45.1 Å². The van der Waals surface area contributed by atoms with Gasteiger partial charge in [-0.05, 0) is 58.1 Å². The van der Waals surface area contributed by atoms with E-state index >= 15 is 0 Å². The number of ether oxygens (including phenoxy) is 4. The van der Waals surface area contributed by atoms with Gasteiger partial charge in [0.25, 0.3) is 11.8 Å². The number of anilines is 1. The summed E-state index contributed by atoms with van der Waals surface area (Å²) >= 11 is 2.87. The van der Waals surface area contributed by atoms with Crippen LogP contribution in [0.15, 0.2) is 65.8 Å². The van der Waals surface area contributed by atoms with Crippen LogP contribution >= 0.6 is 23.1 Å². The number of amides is 2. The summed E-state index contributed by atoms with van der Waals surface area (Å²) in [5.41, 5.74) is -1.43. The van der Waals surface area contributed by atoms with E-state index in [1.54, 1.807) is 18.9 Å². The number of thioether (sulfide) groups is 1. The standard InChI is InChI=1S/C33H40N6O6S2/c1-30(2)42-20-32(44-30,22-14-8-6-9-15-22)26(40)34-28-37-36-24(46-28)18-12-13-19-25-38-39(5)29(47-25)35-27(41)33(21-43-31(3,4)45-33)23-16-10-7-11-17-23/h6-11,14-17,29H,12-13,18-21H2,1-5H3,(H,35,41)(H,34,37,40). The van der Waals surface area contributed by atoms with Crippen molar-refractivity contribution in [2.24, 2.45) is 5.10 Å². The van der Waals surface area contributed by atoms with Crippen LogP contribution in [0.1, 0.15) is 63.1 Å². The average Bonchev–Trinajstić information content (AvgIpc) is 3.81. The molecule has 3 aliphatic rings. The predicted molar refractivity (Wildman–Crippen MR) is 179 cm³/mol. The molecule has 0 bridgehead atoms. The van der Waals surface area contributed by atoms with Crippen molar-refractivity contribution < 1.29 is 28.5 Å². The summed E-state index contributed by atoms with van der Waals surface area (Å²) in [5.74, 6) is -2.39. The molecular weight excluding hydrogens is 641 g/mol. The predicted octanol–water partition coefficient (Wildman–Crippen LogP) is 4.94. The fourth-order valence-electron chi connectivity index (χ4n) is 5.77. The van der Waals surface area contributed by atoms with Gasteiger partial charge in [-0.3, -0.25) is 19.9 Å². The highest BCUT2D eigenvalue weighted by Crippen LogP contribution is 2.41. The highest BCUT2D eigenvalue weighted by atomic mass is 32.2. The zero-order chi connectivity index (χ0) is 33.3. The molecule has 2 amide bonds. The molecule has 12 nitrogen and oxygen atoms in total. The number of hydrogen-bond acceptors (Lipinski definition) is 12. The van der Waals surface area contributed by atoms with Crippen LogP contribution in [0.25, 0.3) is 0 Å². The Balaban J connectivity index is 0.988. The number of unbranched alkanes of at least 4 members (excludes halogenated alkanes) is 1. The van der Waals surface area contributed by atoms with Crippen LogP contribution < -0.4 is 10.6 Å². The molecule has 3 atom stereocenters. The van der Waals surface area contributed by atoms with Crippen molar-refractivity contribution in [3.05, 3.63) is 76.8 Å². The number of aromatic nitrogens is 2. The molecule has 2 N–H and O–H groups in total. The molecule has 2 fully saturated rings. The van der Waals surface area contributed by atoms with E-state index in [4.69, 9.17) is 18.9 Å². The van der Waals surface area contributed by atoms with E-state index in [1.807, 2.05) is 81.6 Å². The highest BCUT2D eigenvalue weighted by Gasteiger charge is 2.54. The van der Waals surface area contributed by atoms with E-state index in [9.17, 15) is 9.59 Å². The molecule has 2 aromatic carbocycles. The number of carbonyl (C=O) groups excluding carboxylic acids is 2. The molecule has 250 valence electrons. The highest BCUT2D eigenvalue weighted by molar-refractivity contribution is 8.14. The van der Waals surface area contributed by atoms with E-state index in [2.05, 4.69) is 25.9 Å². The van der Waals surface area contributed by atoms with Crippen LogP contribution in [0.2, 0.25) is 0 Å². The number of hydrogen-bond donors (Lipinski definition) is 2. The average molecular weight is 681 g/mol. The van der Waals surface area contributed by atoms with Gasteiger partial charge in [-0.15, -0.1) is 10.2 Å². The molecule has 3 aliphatic heterocycles. The molecule has 3 aromatic rings. The minimum absolute atomic E-state index is 0.0946. The smallest absolute Gasteiger partial charge is 0.265 e. The molecule has 6 rings (SSSR count). The minimum Gasteiger partial charge on any atom is -0.347 e. The summed E-state index contributed by atoms with van der Waals surface area (Å²) in [6.07, 6.45) is 3.20. The molecular formula is C33H40N6O6S2. The molecule has 1 aromatic heterocycles. The quantitative estimate of drug-likeness (QED) is 0.268. The monoisotopic (exact) mass is 680 g/mol. The fraction of sp³-hybridized carbons (Fsp3) is 0.485. The zero-order valence-corrected chi connectivity index (χ0v) is 28.8. The molecule has 2 saturated heterocycles. The Kier molecular flexibility index (Phi) is 9.44. The van der Waals surface area contributed by atoms with Crippen LogP contribution in [0.3, 0.4) is 0 Å². The van der Waals surface area contributed by atoms with Crippen molar-refractivity contribution in [2.45, 2.75) is 81.7 Å². The maximum Gasteiger partial charge on any atom is 0.265 e. The van der Waals surface area contributed by atoms with Crippen LogP contribution in [0.5, 0.6) is 0 Å². The maximum atomic E-state index is 13.7. The van der Waals surface area contributed by atoms with Crippen molar-refractivity contribution in [2.75, 3.05) is 25.6 Å². The third kappa shape index (κ3) is 7.22. The lowest BCUT2D eigenvalue weighted by atomic mass is 9.93. The minimum atomic E-state index is -1.28. The van der Waals surface area contributed by atoms with Gasteiger partial charge in [-0.25, -0.2) is 0 Å². The molecule has 0 spiro atoms. The van der Waals surface area contributed by atoms with Crippen LogP contribution in [0, 0.1) is 0 Å². The molecule has 0 saturated carbocycles. The number of benzene rings is 2. The number of nitrogens with zero attached hydrogens (tertiary/aromatic N) is 4. The lowest BCUT2D eigenvalue weighted by molar-refractivity contribution is -0.176. The molecule has 0 radical (unpaired) electrons. The third-order valence-electron chi connectivity index (χ3n) is 8.13. The van der Waals surface area contributed by atoms with Gasteiger partial charge in [-0.1, -0.05) is 83.8 Å². The second-order valence-corrected chi connectivity index (χ2v) is 14.9. The molecule has 0 aliphatic carbocycles. The summed E-state index contributed by atoms with van der Waals surface area (Å²) in [7, 11) is 1.85. The van der Waals surface area contributed by atoms with Gasteiger partial charge in [0.2, 0.25) is 5.13 Å². The van der Waals surface area contributed by atoms with E-state index in [0.29, 0.717) is 17.1 Å². The SMILES string of the molecule is CN1N=C(CCCCc2nnc(NC(=O)C3(c4ccccc4)COC(C)(C)O3)s2)SC1NC(=O)C1(c2ccccc2)COC(C)(C)O1.